The van der Waals surface area contributed by atoms with Gasteiger partial charge in [0.15, 0.2) is 0 Å². The second-order valence-electron chi connectivity index (χ2n) is 4.99. The lowest BCUT2D eigenvalue weighted by Gasteiger charge is -2.11. The Morgan fingerprint density at radius 3 is 2.26 bits per heavy atom. The molecule has 2 rings (SSSR count). The lowest BCUT2D eigenvalue weighted by atomic mass is 9.96. The predicted molar refractivity (Wildman–Crippen MR) is 74.6 cm³/mol. The van der Waals surface area contributed by atoms with Crippen molar-refractivity contribution in [3.05, 3.63) is 40.1 Å². The number of aryl methyl sites for hydroxylation is 5. The van der Waals surface area contributed by atoms with Crippen molar-refractivity contribution in [3.8, 4) is 11.3 Å². The molecule has 0 unspecified atom stereocenters. The summed E-state index contributed by atoms with van der Waals surface area (Å²) in [6.07, 6.45) is 0. The molecule has 1 N–H and O–H groups in total. The Morgan fingerprint density at radius 1 is 1.11 bits per heavy atom. The van der Waals surface area contributed by atoms with Crippen LogP contribution in [0.15, 0.2) is 12.1 Å². The van der Waals surface area contributed by atoms with Crippen molar-refractivity contribution in [1.82, 2.24) is 9.78 Å². The second-order valence-corrected chi connectivity index (χ2v) is 4.99. The van der Waals surface area contributed by atoms with E-state index in [0.717, 1.165) is 16.7 Å². The van der Waals surface area contributed by atoms with Crippen LogP contribution in [0.5, 0.6) is 0 Å². The molecule has 4 heteroatoms. The van der Waals surface area contributed by atoms with Crippen molar-refractivity contribution in [3.63, 3.8) is 0 Å². The number of carboxylic acid groups (broad SMARTS) is 1. The molecule has 0 atom stereocenters. The van der Waals surface area contributed by atoms with Crippen molar-refractivity contribution in [2.75, 3.05) is 0 Å². The minimum atomic E-state index is -0.932. The van der Waals surface area contributed by atoms with Gasteiger partial charge in [0.25, 0.3) is 0 Å². The van der Waals surface area contributed by atoms with Gasteiger partial charge in [0, 0.05) is 12.6 Å². The summed E-state index contributed by atoms with van der Waals surface area (Å²) >= 11 is 0. The molecule has 1 heterocycles. The highest BCUT2D eigenvalue weighted by Crippen LogP contribution is 2.30. The van der Waals surface area contributed by atoms with Gasteiger partial charge in [-0.15, -0.1) is 0 Å². The van der Waals surface area contributed by atoms with E-state index < -0.39 is 5.97 Å². The topological polar surface area (TPSA) is 55.1 Å². The number of carbonyl (C=O) groups is 1. The standard InChI is InChI=1S/C15H18N2O2/c1-8-6-10(3)12(7-9(8)2)14-13(15(18)19)11(4)16-17(14)5/h6-7H,1-5H3,(H,18,19). The lowest BCUT2D eigenvalue weighted by Crippen LogP contribution is -2.03. The van der Waals surface area contributed by atoms with Gasteiger partial charge in [-0.1, -0.05) is 6.07 Å². The fourth-order valence-electron chi connectivity index (χ4n) is 2.44. The summed E-state index contributed by atoms with van der Waals surface area (Å²) in [4.78, 5) is 11.4. The van der Waals surface area contributed by atoms with Crippen LogP contribution in [0.2, 0.25) is 0 Å². The average molecular weight is 258 g/mol. The van der Waals surface area contributed by atoms with Crippen LogP contribution in [0.4, 0.5) is 0 Å². The number of hydrogen-bond acceptors (Lipinski definition) is 2. The van der Waals surface area contributed by atoms with E-state index in [0.29, 0.717) is 11.4 Å². The quantitative estimate of drug-likeness (QED) is 0.900. The van der Waals surface area contributed by atoms with E-state index in [9.17, 15) is 9.90 Å². The number of carboxylic acids is 1. The molecule has 0 spiro atoms. The number of aromatic nitrogens is 2. The highest BCUT2D eigenvalue weighted by Gasteiger charge is 2.22. The maximum atomic E-state index is 11.4. The van der Waals surface area contributed by atoms with Crippen LogP contribution < -0.4 is 0 Å². The van der Waals surface area contributed by atoms with Crippen LogP contribution in [0.3, 0.4) is 0 Å². The highest BCUT2D eigenvalue weighted by atomic mass is 16.4. The van der Waals surface area contributed by atoms with Gasteiger partial charge in [-0.05, 0) is 50.5 Å². The first-order chi connectivity index (χ1) is 8.82. The van der Waals surface area contributed by atoms with E-state index in [4.69, 9.17) is 0 Å². The fraction of sp³-hybridized carbons (Fsp3) is 0.333. The first kappa shape index (κ1) is 13.3. The molecular formula is C15H18N2O2. The summed E-state index contributed by atoms with van der Waals surface area (Å²) in [7, 11) is 1.78. The SMILES string of the molecule is Cc1cc(C)c(-c2c(C(=O)O)c(C)nn2C)cc1C. The van der Waals surface area contributed by atoms with Gasteiger partial charge in [0.1, 0.15) is 5.56 Å². The maximum Gasteiger partial charge on any atom is 0.339 e. The Morgan fingerprint density at radius 2 is 1.68 bits per heavy atom. The Labute approximate surface area is 112 Å². The highest BCUT2D eigenvalue weighted by molar-refractivity contribution is 5.96. The Balaban J connectivity index is 2.79. The monoisotopic (exact) mass is 258 g/mol. The van der Waals surface area contributed by atoms with Crippen LogP contribution in [0, 0.1) is 27.7 Å². The van der Waals surface area contributed by atoms with Crippen LogP contribution in [-0.4, -0.2) is 20.9 Å². The third kappa shape index (κ3) is 2.14. The van der Waals surface area contributed by atoms with Crippen molar-refractivity contribution in [2.24, 2.45) is 7.05 Å². The Hall–Kier alpha value is -2.10. The summed E-state index contributed by atoms with van der Waals surface area (Å²) in [5, 5.41) is 13.6. The summed E-state index contributed by atoms with van der Waals surface area (Å²) in [6, 6.07) is 4.12. The zero-order valence-electron chi connectivity index (χ0n) is 11.9. The molecule has 0 amide bonds. The molecule has 0 fully saturated rings. The van der Waals surface area contributed by atoms with Crippen molar-refractivity contribution in [2.45, 2.75) is 27.7 Å². The van der Waals surface area contributed by atoms with Crippen molar-refractivity contribution in [1.29, 1.82) is 0 Å². The van der Waals surface area contributed by atoms with Crippen LogP contribution >= 0.6 is 0 Å². The van der Waals surface area contributed by atoms with E-state index in [-0.39, 0.29) is 5.56 Å². The second kappa shape index (κ2) is 4.53. The first-order valence-corrected chi connectivity index (χ1v) is 6.18. The molecule has 0 aliphatic rings. The number of hydrogen-bond donors (Lipinski definition) is 1. The zero-order chi connectivity index (χ0) is 14.3. The Kier molecular flexibility index (Phi) is 3.18. The molecule has 0 bridgehead atoms. The average Bonchev–Trinajstić information content (AvgIpc) is 2.59. The molecule has 0 saturated carbocycles. The maximum absolute atomic E-state index is 11.4. The van der Waals surface area contributed by atoms with Crippen LogP contribution in [0.1, 0.15) is 32.7 Å². The van der Waals surface area contributed by atoms with E-state index in [1.54, 1.807) is 18.7 Å². The first-order valence-electron chi connectivity index (χ1n) is 6.18. The molecule has 0 radical (unpaired) electrons. The van der Waals surface area contributed by atoms with Gasteiger partial charge in [-0.25, -0.2) is 4.79 Å². The molecule has 2 aromatic rings. The summed E-state index contributed by atoms with van der Waals surface area (Å²) in [5.41, 5.74) is 5.85. The van der Waals surface area contributed by atoms with Gasteiger partial charge < -0.3 is 5.11 Å². The summed E-state index contributed by atoms with van der Waals surface area (Å²) in [6.45, 7) is 7.81. The number of nitrogens with zero attached hydrogens (tertiary/aromatic N) is 2. The zero-order valence-corrected chi connectivity index (χ0v) is 11.9. The third-order valence-corrected chi connectivity index (χ3v) is 3.53. The molecule has 0 aliphatic carbocycles. The van der Waals surface area contributed by atoms with Gasteiger partial charge in [0.05, 0.1) is 11.4 Å². The molecular weight excluding hydrogens is 240 g/mol. The lowest BCUT2D eigenvalue weighted by molar-refractivity contribution is 0.0697. The number of benzene rings is 1. The smallest absolute Gasteiger partial charge is 0.339 e. The third-order valence-electron chi connectivity index (χ3n) is 3.53. The van der Waals surface area contributed by atoms with E-state index >= 15 is 0 Å². The molecule has 19 heavy (non-hydrogen) atoms. The molecule has 0 aliphatic heterocycles. The van der Waals surface area contributed by atoms with Crippen LogP contribution in [0.25, 0.3) is 11.3 Å². The van der Waals surface area contributed by atoms with Gasteiger partial charge in [-0.3, -0.25) is 4.68 Å². The summed E-state index contributed by atoms with van der Waals surface area (Å²) < 4.78 is 1.65. The van der Waals surface area contributed by atoms with Crippen LogP contribution in [-0.2, 0) is 7.05 Å². The Bertz CT molecular complexity index is 669. The van der Waals surface area contributed by atoms with Crippen molar-refractivity contribution < 1.29 is 9.90 Å². The summed E-state index contributed by atoms with van der Waals surface area (Å²) in [5.74, 6) is -0.932. The minimum Gasteiger partial charge on any atom is -0.478 e. The van der Waals surface area contributed by atoms with Gasteiger partial charge in [0.2, 0.25) is 0 Å². The fourth-order valence-corrected chi connectivity index (χ4v) is 2.44. The minimum absolute atomic E-state index is 0.286. The van der Waals surface area contributed by atoms with E-state index in [1.165, 1.54) is 5.56 Å². The van der Waals surface area contributed by atoms with E-state index in [2.05, 4.69) is 18.1 Å². The van der Waals surface area contributed by atoms with Gasteiger partial charge in [-0.2, -0.15) is 5.10 Å². The molecule has 1 aromatic heterocycles. The van der Waals surface area contributed by atoms with Gasteiger partial charge >= 0.3 is 5.97 Å². The molecule has 1 aromatic carbocycles. The number of aromatic carboxylic acids is 1. The normalized spacial score (nSPS) is 10.8. The van der Waals surface area contributed by atoms with Crippen molar-refractivity contribution >= 4 is 5.97 Å². The molecule has 4 nitrogen and oxygen atoms in total. The largest absolute Gasteiger partial charge is 0.478 e. The van der Waals surface area contributed by atoms with E-state index in [1.807, 2.05) is 19.9 Å². The number of rotatable bonds is 2. The molecule has 100 valence electrons. The predicted octanol–water partition coefficient (Wildman–Crippen LogP) is 3.02. The molecule has 0 saturated heterocycles.